The molecule has 0 aliphatic carbocycles. The minimum absolute atomic E-state index is 0.131. The summed E-state index contributed by atoms with van der Waals surface area (Å²) in [6.07, 6.45) is 2.73. The van der Waals surface area contributed by atoms with Crippen LogP contribution in [0.2, 0.25) is 0 Å². The van der Waals surface area contributed by atoms with Gasteiger partial charge in [-0.15, -0.1) is 0 Å². The van der Waals surface area contributed by atoms with Crippen LogP contribution in [0.15, 0.2) is 16.9 Å². The van der Waals surface area contributed by atoms with Gasteiger partial charge in [-0.1, -0.05) is 0 Å². The van der Waals surface area contributed by atoms with Gasteiger partial charge in [0.1, 0.15) is 0 Å². The molecule has 0 atom stereocenters. The minimum atomic E-state index is -3.65. The van der Waals surface area contributed by atoms with Crippen LogP contribution >= 0.6 is 15.9 Å². The Morgan fingerprint density at radius 3 is 2.71 bits per heavy atom. The molecule has 1 aliphatic rings. The number of carbonyl (C=O) groups excluding carboxylic acids is 1. The predicted molar refractivity (Wildman–Crippen MR) is 61.3 cm³/mol. The largest absolute Gasteiger partial charge is 0.469 e. The van der Waals surface area contributed by atoms with Crippen molar-refractivity contribution >= 4 is 32.1 Å². The Labute approximate surface area is 107 Å². The minimum Gasteiger partial charge on any atom is -0.469 e. The number of rotatable bonds is 3. The van der Waals surface area contributed by atoms with Crippen LogP contribution in [0.25, 0.3) is 0 Å². The van der Waals surface area contributed by atoms with Crippen LogP contribution in [-0.2, 0) is 19.7 Å². The van der Waals surface area contributed by atoms with Gasteiger partial charge in [0, 0.05) is 13.1 Å². The third kappa shape index (κ3) is 2.22. The Hall–Kier alpha value is -0.930. The molecule has 0 saturated carbocycles. The SMILES string of the molecule is COC(=O)C1CN(S(=O)(=O)n2cc(Br)cn2)C1. The summed E-state index contributed by atoms with van der Waals surface area (Å²) in [6, 6.07) is 0. The van der Waals surface area contributed by atoms with Crippen LogP contribution in [0.5, 0.6) is 0 Å². The van der Waals surface area contributed by atoms with Gasteiger partial charge >= 0.3 is 16.2 Å². The number of hydrogen-bond donors (Lipinski definition) is 0. The van der Waals surface area contributed by atoms with Gasteiger partial charge in [-0.05, 0) is 15.9 Å². The van der Waals surface area contributed by atoms with E-state index in [1.54, 1.807) is 0 Å². The highest BCUT2D eigenvalue weighted by atomic mass is 79.9. The van der Waals surface area contributed by atoms with Crippen molar-refractivity contribution in [3.63, 3.8) is 0 Å². The Kier molecular flexibility index (Phi) is 3.23. The molecular weight excluding hydrogens is 314 g/mol. The Morgan fingerprint density at radius 2 is 2.24 bits per heavy atom. The maximum atomic E-state index is 11.9. The van der Waals surface area contributed by atoms with Crippen molar-refractivity contribution in [1.82, 2.24) is 13.5 Å². The van der Waals surface area contributed by atoms with Crippen LogP contribution in [0.3, 0.4) is 0 Å². The average molecular weight is 324 g/mol. The summed E-state index contributed by atoms with van der Waals surface area (Å²) in [5.74, 6) is -0.771. The number of hydrogen-bond acceptors (Lipinski definition) is 5. The van der Waals surface area contributed by atoms with Crippen molar-refractivity contribution < 1.29 is 17.9 Å². The lowest BCUT2D eigenvalue weighted by Crippen LogP contribution is -2.54. The van der Waals surface area contributed by atoms with Crippen molar-refractivity contribution in [1.29, 1.82) is 0 Å². The molecule has 0 unspecified atom stereocenters. The van der Waals surface area contributed by atoms with E-state index in [4.69, 9.17) is 0 Å². The van der Waals surface area contributed by atoms with Crippen LogP contribution in [0.1, 0.15) is 0 Å². The normalized spacial score (nSPS) is 17.8. The van der Waals surface area contributed by atoms with E-state index in [9.17, 15) is 13.2 Å². The molecule has 0 bridgehead atoms. The van der Waals surface area contributed by atoms with E-state index in [2.05, 4.69) is 25.8 Å². The summed E-state index contributed by atoms with van der Waals surface area (Å²) in [5.41, 5.74) is 0. The first-order chi connectivity index (χ1) is 7.95. The van der Waals surface area contributed by atoms with Crippen LogP contribution in [0.4, 0.5) is 0 Å². The molecule has 17 heavy (non-hydrogen) atoms. The van der Waals surface area contributed by atoms with E-state index >= 15 is 0 Å². The van der Waals surface area contributed by atoms with Gasteiger partial charge in [-0.3, -0.25) is 4.79 Å². The molecule has 2 rings (SSSR count). The lowest BCUT2D eigenvalue weighted by Gasteiger charge is -2.35. The molecule has 0 aromatic carbocycles. The maximum absolute atomic E-state index is 11.9. The number of aromatic nitrogens is 2. The van der Waals surface area contributed by atoms with E-state index in [0.717, 1.165) is 4.09 Å². The van der Waals surface area contributed by atoms with Crippen LogP contribution < -0.4 is 0 Å². The van der Waals surface area contributed by atoms with Gasteiger partial charge in [-0.2, -0.15) is 21.9 Å². The number of methoxy groups -OCH3 is 1. The molecule has 2 heterocycles. The summed E-state index contributed by atoms with van der Waals surface area (Å²) in [5, 5.41) is 3.70. The molecule has 9 heteroatoms. The zero-order valence-electron chi connectivity index (χ0n) is 8.91. The molecule has 0 spiro atoms. The van der Waals surface area contributed by atoms with Crippen LogP contribution in [-0.4, -0.2) is 48.1 Å². The van der Waals surface area contributed by atoms with E-state index in [-0.39, 0.29) is 19.0 Å². The predicted octanol–water partition coefficient (Wildman–Crippen LogP) is -0.157. The third-order valence-corrected chi connectivity index (χ3v) is 4.51. The molecule has 1 fully saturated rings. The fourth-order valence-electron chi connectivity index (χ4n) is 1.47. The quantitative estimate of drug-likeness (QED) is 0.722. The number of esters is 1. The fraction of sp³-hybridized carbons (Fsp3) is 0.500. The third-order valence-electron chi connectivity index (χ3n) is 2.47. The summed E-state index contributed by atoms with van der Waals surface area (Å²) >= 11 is 3.12. The Balaban J connectivity index is 2.08. The summed E-state index contributed by atoms with van der Waals surface area (Å²) in [7, 11) is -2.37. The zero-order valence-corrected chi connectivity index (χ0v) is 11.3. The molecule has 7 nitrogen and oxygen atoms in total. The summed E-state index contributed by atoms with van der Waals surface area (Å²) < 4.78 is 31.0. The monoisotopic (exact) mass is 323 g/mol. The highest BCUT2D eigenvalue weighted by molar-refractivity contribution is 9.10. The molecule has 0 amide bonds. The fourth-order valence-corrected chi connectivity index (χ4v) is 3.28. The van der Waals surface area contributed by atoms with Crippen LogP contribution in [0, 0.1) is 5.92 Å². The average Bonchev–Trinajstić information content (AvgIpc) is 2.62. The van der Waals surface area contributed by atoms with Gasteiger partial charge in [0.05, 0.1) is 29.9 Å². The Bertz CT molecular complexity index is 535. The number of ether oxygens (including phenoxy) is 1. The van der Waals surface area contributed by atoms with Gasteiger partial charge in [-0.25, -0.2) is 0 Å². The van der Waals surface area contributed by atoms with Gasteiger partial charge in [0.25, 0.3) is 0 Å². The van der Waals surface area contributed by atoms with Gasteiger partial charge < -0.3 is 4.74 Å². The topological polar surface area (TPSA) is 81.5 Å². The second-order valence-electron chi connectivity index (χ2n) is 3.58. The number of halogens is 1. The molecule has 1 aromatic rings. The van der Waals surface area contributed by atoms with Crippen molar-refractivity contribution in [3.8, 4) is 0 Å². The number of carbonyl (C=O) groups is 1. The molecule has 1 aliphatic heterocycles. The van der Waals surface area contributed by atoms with E-state index in [1.165, 1.54) is 23.8 Å². The molecule has 0 radical (unpaired) electrons. The van der Waals surface area contributed by atoms with Gasteiger partial charge in [0.15, 0.2) is 0 Å². The van der Waals surface area contributed by atoms with Crippen molar-refractivity contribution in [2.75, 3.05) is 20.2 Å². The van der Waals surface area contributed by atoms with E-state index in [1.807, 2.05) is 0 Å². The second kappa shape index (κ2) is 4.39. The highest BCUT2D eigenvalue weighted by Gasteiger charge is 2.41. The van der Waals surface area contributed by atoms with E-state index in [0.29, 0.717) is 4.47 Å². The maximum Gasteiger partial charge on any atom is 0.323 e. The van der Waals surface area contributed by atoms with E-state index < -0.39 is 16.2 Å². The zero-order chi connectivity index (χ0) is 12.6. The highest BCUT2D eigenvalue weighted by Crippen LogP contribution is 2.22. The molecule has 94 valence electrons. The lowest BCUT2D eigenvalue weighted by molar-refractivity contribution is -0.149. The molecule has 0 N–H and O–H groups in total. The first kappa shape index (κ1) is 12.5. The van der Waals surface area contributed by atoms with Gasteiger partial charge in [0.2, 0.25) is 0 Å². The summed E-state index contributed by atoms with van der Waals surface area (Å²) in [4.78, 5) is 11.1. The Morgan fingerprint density at radius 1 is 1.59 bits per heavy atom. The lowest BCUT2D eigenvalue weighted by atomic mass is 10.0. The number of nitrogens with zero attached hydrogens (tertiary/aromatic N) is 3. The van der Waals surface area contributed by atoms with Crippen molar-refractivity contribution in [2.24, 2.45) is 5.92 Å². The molecule has 1 aromatic heterocycles. The first-order valence-corrected chi connectivity index (χ1v) is 6.93. The van der Waals surface area contributed by atoms with Crippen molar-refractivity contribution in [3.05, 3.63) is 16.9 Å². The molecule has 1 saturated heterocycles. The summed E-state index contributed by atoms with van der Waals surface area (Å²) in [6.45, 7) is 0.263. The standard InChI is InChI=1S/C8H10BrN3O4S/c1-16-8(13)6-3-11(4-6)17(14,15)12-5-7(9)2-10-12/h2,5-6H,3-4H2,1H3. The smallest absolute Gasteiger partial charge is 0.323 e. The second-order valence-corrected chi connectivity index (χ2v) is 6.28. The first-order valence-electron chi connectivity index (χ1n) is 4.74. The van der Waals surface area contributed by atoms with Crippen molar-refractivity contribution in [2.45, 2.75) is 0 Å². The molecular formula is C8H10BrN3O4S.